The van der Waals surface area contributed by atoms with Gasteiger partial charge in [-0.25, -0.2) is 19.8 Å². The lowest BCUT2D eigenvalue weighted by Gasteiger charge is -2.09. The number of hydrogen-bond donors (Lipinski definition) is 4. The van der Waals surface area contributed by atoms with Crippen LogP contribution in [0.3, 0.4) is 0 Å². The van der Waals surface area contributed by atoms with Gasteiger partial charge >= 0.3 is 0 Å². The van der Waals surface area contributed by atoms with E-state index in [-0.39, 0.29) is 18.1 Å². The molecule has 0 saturated heterocycles. The van der Waals surface area contributed by atoms with E-state index in [1.165, 1.54) is 29.8 Å². The molecule has 2 heterocycles. The Kier molecular flexibility index (Phi) is 7.85. The number of thiophene rings is 1. The molecule has 0 radical (unpaired) electrons. The molecule has 4 N–H and O–H groups in total. The van der Waals surface area contributed by atoms with Crippen LogP contribution in [-0.4, -0.2) is 27.0 Å². The van der Waals surface area contributed by atoms with E-state index in [2.05, 4.69) is 20.6 Å². The average Bonchev–Trinajstić information content (AvgIpc) is 3.15. The van der Waals surface area contributed by atoms with Crippen LogP contribution in [0.25, 0.3) is 10.2 Å². The van der Waals surface area contributed by atoms with Crippen LogP contribution < -0.4 is 16.1 Å². The first-order valence-electron chi connectivity index (χ1n) is 9.97. The van der Waals surface area contributed by atoms with Crippen LogP contribution >= 0.6 is 11.3 Å². The third-order valence-electron chi connectivity index (χ3n) is 4.70. The van der Waals surface area contributed by atoms with Gasteiger partial charge in [-0.3, -0.25) is 14.8 Å². The highest BCUT2D eigenvalue weighted by Gasteiger charge is 2.12. The van der Waals surface area contributed by atoms with Crippen LogP contribution in [0.5, 0.6) is 0 Å². The predicted octanol–water partition coefficient (Wildman–Crippen LogP) is 4.67. The summed E-state index contributed by atoms with van der Waals surface area (Å²) in [5.74, 6) is -0.185. The summed E-state index contributed by atoms with van der Waals surface area (Å²) in [6.45, 7) is 1.81. The van der Waals surface area contributed by atoms with Crippen LogP contribution in [0.1, 0.15) is 44.1 Å². The normalized spacial score (nSPS) is 10.8. The number of carbonyl (C=O) groups excluding carboxylic acids is 2. The van der Waals surface area contributed by atoms with Crippen molar-refractivity contribution in [3.8, 4) is 0 Å². The molecule has 0 atom stereocenters. The van der Waals surface area contributed by atoms with Crippen LogP contribution in [0.4, 0.5) is 20.9 Å². The maximum Gasteiger partial charge on any atom is 0.243 e. The summed E-state index contributed by atoms with van der Waals surface area (Å²) in [5, 5.41) is 15.2. The van der Waals surface area contributed by atoms with Gasteiger partial charge in [-0.15, -0.1) is 11.3 Å². The van der Waals surface area contributed by atoms with E-state index in [1.54, 1.807) is 17.6 Å². The lowest BCUT2D eigenvalue weighted by Crippen LogP contribution is -2.17. The van der Waals surface area contributed by atoms with Crippen molar-refractivity contribution in [2.75, 3.05) is 10.6 Å². The minimum absolute atomic E-state index is 0.0866. The number of nitrogens with zero attached hydrogens (tertiary/aromatic N) is 2. The molecule has 31 heavy (non-hydrogen) atoms. The standard InChI is InChI=1S/C21H24FN5O3S/c1-13-10-14(22)8-9-15(13)25-21-20-16(23-12-24-21)11-19(31-20)26-17(28)6-4-2-3-5-7-18(29)27-30/h8-12,30H,2-7H2,1H3,(H,26,28)(H,27,29)(H,23,24,25). The number of hydrogen-bond acceptors (Lipinski definition) is 7. The quantitative estimate of drug-likeness (QED) is 0.205. The second kappa shape index (κ2) is 10.8. The van der Waals surface area contributed by atoms with Gasteiger partial charge in [-0.1, -0.05) is 12.8 Å². The Bertz CT molecular complexity index is 1070. The van der Waals surface area contributed by atoms with Gasteiger partial charge < -0.3 is 10.6 Å². The topological polar surface area (TPSA) is 116 Å². The van der Waals surface area contributed by atoms with Crippen LogP contribution in [0.15, 0.2) is 30.6 Å². The number of anilines is 3. The molecule has 0 aliphatic heterocycles. The summed E-state index contributed by atoms with van der Waals surface area (Å²) in [6.07, 6.45) is 5.14. The molecule has 0 fully saturated rings. The van der Waals surface area contributed by atoms with Gasteiger partial charge in [-0.05, 0) is 49.6 Å². The Morgan fingerprint density at radius 3 is 2.52 bits per heavy atom. The fourth-order valence-electron chi connectivity index (χ4n) is 3.08. The summed E-state index contributed by atoms with van der Waals surface area (Å²) in [4.78, 5) is 31.7. The van der Waals surface area contributed by atoms with Crippen LogP contribution in [0, 0.1) is 12.7 Å². The number of carbonyl (C=O) groups is 2. The Labute approximate surface area is 182 Å². The van der Waals surface area contributed by atoms with Crippen molar-refractivity contribution in [1.82, 2.24) is 15.4 Å². The van der Waals surface area contributed by atoms with Crippen molar-refractivity contribution in [3.63, 3.8) is 0 Å². The Balaban J connectivity index is 1.55. The van der Waals surface area contributed by atoms with Gasteiger partial charge in [0.1, 0.15) is 12.1 Å². The molecule has 0 unspecified atom stereocenters. The van der Waals surface area contributed by atoms with Gasteiger partial charge in [0.25, 0.3) is 0 Å². The number of hydroxylamine groups is 1. The molecule has 0 aliphatic carbocycles. The zero-order valence-corrected chi connectivity index (χ0v) is 17.9. The van der Waals surface area contributed by atoms with Crippen molar-refractivity contribution in [3.05, 3.63) is 42.0 Å². The van der Waals surface area contributed by atoms with Gasteiger partial charge in [-0.2, -0.15) is 0 Å². The third-order valence-corrected chi connectivity index (χ3v) is 5.74. The summed E-state index contributed by atoms with van der Waals surface area (Å²) in [6, 6.07) is 6.29. The highest BCUT2D eigenvalue weighted by Crippen LogP contribution is 2.34. The molecule has 0 aliphatic rings. The summed E-state index contributed by atoms with van der Waals surface area (Å²) < 4.78 is 14.1. The van der Waals surface area contributed by atoms with E-state index >= 15 is 0 Å². The number of unbranched alkanes of at least 4 members (excludes halogenated alkanes) is 3. The molecule has 8 nitrogen and oxygen atoms in total. The van der Waals surface area contributed by atoms with E-state index in [4.69, 9.17) is 5.21 Å². The third kappa shape index (κ3) is 6.43. The average molecular weight is 446 g/mol. The Morgan fingerprint density at radius 1 is 1.06 bits per heavy atom. The number of halogens is 1. The van der Waals surface area contributed by atoms with E-state index in [1.807, 2.05) is 6.92 Å². The maximum absolute atomic E-state index is 13.3. The highest BCUT2D eigenvalue weighted by atomic mass is 32.1. The first kappa shape index (κ1) is 22.6. The monoisotopic (exact) mass is 445 g/mol. The molecule has 1 aromatic carbocycles. The fourth-order valence-corrected chi connectivity index (χ4v) is 4.05. The second-order valence-electron chi connectivity index (χ2n) is 7.13. The number of amides is 2. The SMILES string of the molecule is Cc1cc(F)ccc1Nc1ncnc2cc(NC(=O)CCCCCCC(=O)NO)sc12. The van der Waals surface area contributed by atoms with E-state index in [9.17, 15) is 14.0 Å². The first-order valence-corrected chi connectivity index (χ1v) is 10.8. The first-order chi connectivity index (χ1) is 15.0. The fraction of sp³-hybridized carbons (Fsp3) is 0.333. The molecule has 0 spiro atoms. The Morgan fingerprint density at radius 2 is 1.81 bits per heavy atom. The number of nitrogens with one attached hydrogen (secondary N) is 3. The summed E-state index contributed by atoms with van der Waals surface area (Å²) in [7, 11) is 0. The zero-order valence-electron chi connectivity index (χ0n) is 17.1. The van der Waals surface area contributed by atoms with Crippen molar-refractivity contribution >= 4 is 49.9 Å². The lowest BCUT2D eigenvalue weighted by molar-refractivity contribution is -0.129. The van der Waals surface area contributed by atoms with Crippen molar-refractivity contribution in [1.29, 1.82) is 0 Å². The molecule has 10 heteroatoms. The van der Waals surface area contributed by atoms with E-state index < -0.39 is 5.91 Å². The molecular weight excluding hydrogens is 421 g/mol. The van der Waals surface area contributed by atoms with Gasteiger partial charge in [0.2, 0.25) is 11.8 Å². The molecular formula is C21H24FN5O3S. The number of fused-ring (bicyclic) bond motifs is 1. The van der Waals surface area contributed by atoms with Crippen molar-refractivity contribution < 1.29 is 19.2 Å². The largest absolute Gasteiger partial charge is 0.339 e. The lowest BCUT2D eigenvalue weighted by atomic mass is 10.1. The number of aryl methyl sites for hydroxylation is 1. The predicted molar refractivity (Wildman–Crippen MR) is 118 cm³/mol. The summed E-state index contributed by atoms with van der Waals surface area (Å²) >= 11 is 1.37. The van der Waals surface area contributed by atoms with Crippen LogP contribution in [0.2, 0.25) is 0 Å². The Hall–Kier alpha value is -3.11. The smallest absolute Gasteiger partial charge is 0.243 e. The van der Waals surface area contributed by atoms with Gasteiger partial charge in [0.05, 0.1) is 15.2 Å². The second-order valence-corrected chi connectivity index (χ2v) is 8.18. The van der Waals surface area contributed by atoms with Gasteiger partial charge in [0.15, 0.2) is 5.82 Å². The number of aromatic nitrogens is 2. The number of rotatable bonds is 10. The van der Waals surface area contributed by atoms with E-state index in [0.29, 0.717) is 35.6 Å². The minimum Gasteiger partial charge on any atom is -0.339 e. The molecule has 164 valence electrons. The summed E-state index contributed by atoms with van der Waals surface area (Å²) in [5.41, 5.74) is 3.82. The minimum atomic E-state index is -0.394. The van der Waals surface area contributed by atoms with Gasteiger partial charge in [0, 0.05) is 18.5 Å². The molecule has 0 saturated carbocycles. The molecule has 2 aromatic heterocycles. The van der Waals surface area contributed by atoms with Crippen molar-refractivity contribution in [2.24, 2.45) is 0 Å². The molecule has 0 bridgehead atoms. The molecule has 2 amide bonds. The maximum atomic E-state index is 13.3. The molecule has 3 aromatic rings. The highest BCUT2D eigenvalue weighted by molar-refractivity contribution is 7.23. The van der Waals surface area contributed by atoms with Crippen LogP contribution in [-0.2, 0) is 9.59 Å². The zero-order chi connectivity index (χ0) is 22.2. The van der Waals surface area contributed by atoms with E-state index in [0.717, 1.165) is 28.8 Å². The molecule has 3 rings (SSSR count). The number of benzene rings is 1. The van der Waals surface area contributed by atoms with Crippen molar-refractivity contribution in [2.45, 2.75) is 45.4 Å².